The minimum atomic E-state index is -0.745. The molecule has 0 saturated heterocycles. The van der Waals surface area contributed by atoms with Gasteiger partial charge in [0.15, 0.2) is 0 Å². The fraction of sp³-hybridized carbons (Fsp3) is 0.800. The van der Waals surface area contributed by atoms with Gasteiger partial charge in [0.1, 0.15) is 6.61 Å². The standard InChI is InChI=1S/C10H19NO4/c1-2-14-9-7-11-15-8-5-3-4-6-10(12)13/h7H,2-6,8-9H2,1H3,(H,12,13). The van der Waals surface area contributed by atoms with Crippen molar-refractivity contribution in [2.75, 3.05) is 19.8 Å². The molecule has 0 aromatic heterocycles. The molecular weight excluding hydrogens is 198 g/mol. The minimum Gasteiger partial charge on any atom is -0.481 e. The number of aliphatic carboxylic acids is 1. The van der Waals surface area contributed by atoms with E-state index in [0.717, 1.165) is 12.8 Å². The number of unbranched alkanes of at least 4 members (excludes halogenated alkanes) is 2. The summed E-state index contributed by atoms with van der Waals surface area (Å²) in [6, 6.07) is 0. The molecule has 0 aliphatic heterocycles. The second-order valence-corrected chi connectivity index (χ2v) is 2.99. The molecule has 0 aromatic carbocycles. The predicted molar refractivity (Wildman–Crippen MR) is 57.0 cm³/mol. The van der Waals surface area contributed by atoms with Gasteiger partial charge in [-0.2, -0.15) is 0 Å². The van der Waals surface area contributed by atoms with Crippen molar-refractivity contribution in [3.8, 4) is 0 Å². The normalized spacial score (nSPS) is 10.7. The number of oxime groups is 1. The van der Waals surface area contributed by atoms with E-state index in [4.69, 9.17) is 14.7 Å². The maximum atomic E-state index is 10.2. The molecular formula is C10H19NO4. The van der Waals surface area contributed by atoms with Crippen molar-refractivity contribution in [1.82, 2.24) is 0 Å². The highest BCUT2D eigenvalue weighted by Crippen LogP contribution is 1.99. The van der Waals surface area contributed by atoms with Crippen LogP contribution in [0.5, 0.6) is 0 Å². The largest absolute Gasteiger partial charge is 0.481 e. The minimum absolute atomic E-state index is 0.230. The third-order valence-corrected chi connectivity index (χ3v) is 1.67. The Morgan fingerprint density at radius 3 is 2.87 bits per heavy atom. The first kappa shape index (κ1) is 13.9. The van der Waals surface area contributed by atoms with Crippen LogP contribution in [0.1, 0.15) is 32.6 Å². The Hall–Kier alpha value is -1.10. The lowest BCUT2D eigenvalue weighted by molar-refractivity contribution is -0.137. The molecule has 0 heterocycles. The maximum absolute atomic E-state index is 10.2. The molecule has 0 bridgehead atoms. The van der Waals surface area contributed by atoms with E-state index in [9.17, 15) is 4.79 Å². The summed E-state index contributed by atoms with van der Waals surface area (Å²) < 4.78 is 5.01. The molecule has 0 radical (unpaired) electrons. The van der Waals surface area contributed by atoms with Crippen molar-refractivity contribution in [3.05, 3.63) is 0 Å². The van der Waals surface area contributed by atoms with Crippen LogP contribution in [0.4, 0.5) is 0 Å². The van der Waals surface area contributed by atoms with Crippen LogP contribution in [-0.4, -0.2) is 37.1 Å². The van der Waals surface area contributed by atoms with Gasteiger partial charge in [-0.25, -0.2) is 0 Å². The molecule has 0 rings (SSSR count). The lowest BCUT2D eigenvalue weighted by atomic mass is 10.2. The van der Waals surface area contributed by atoms with E-state index in [-0.39, 0.29) is 6.42 Å². The number of hydrogen-bond donors (Lipinski definition) is 1. The summed E-state index contributed by atoms with van der Waals surface area (Å²) in [6.07, 6.45) is 4.18. The Labute approximate surface area is 90.1 Å². The first-order valence-corrected chi connectivity index (χ1v) is 5.20. The highest BCUT2D eigenvalue weighted by Gasteiger charge is 1.95. The van der Waals surface area contributed by atoms with Gasteiger partial charge in [0.05, 0.1) is 12.8 Å². The van der Waals surface area contributed by atoms with Crippen LogP contribution >= 0.6 is 0 Å². The first-order valence-electron chi connectivity index (χ1n) is 5.20. The van der Waals surface area contributed by atoms with Crippen molar-refractivity contribution in [3.63, 3.8) is 0 Å². The van der Waals surface area contributed by atoms with Gasteiger partial charge in [-0.05, 0) is 26.2 Å². The van der Waals surface area contributed by atoms with E-state index in [1.807, 2.05) is 6.92 Å². The first-order chi connectivity index (χ1) is 7.27. The molecule has 0 aliphatic rings. The predicted octanol–water partition coefficient (Wildman–Crippen LogP) is 1.67. The van der Waals surface area contributed by atoms with E-state index in [1.54, 1.807) is 6.21 Å². The van der Waals surface area contributed by atoms with E-state index in [2.05, 4.69) is 5.16 Å². The van der Waals surface area contributed by atoms with Crippen LogP contribution in [0.15, 0.2) is 5.16 Å². The summed E-state index contributed by atoms with van der Waals surface area (Å²) in [5.74, 6) is -0.745. The molecule has 5 heteroatoms. The van der Waals surface area contributed by atoms with Gasteiger partial charge in [-0.1, -0.05) is 5.16 Å². The Kier molecular flexibility index (Phi) is 10.2. The number of carboxylic acids is 1. The fourth-order valence-electron chi connectivity index (χ4n) is 0.926. The van der Waals surface area contributed by atoms with E-state index >= 15 is 0 Å². The van der Waals surface area contributed by atoms with Crippen molar-refractivity contribution >= 4 is 12.2 Å². The molecule has 5 nitrogen and oxygen atoms in total. The number of ether oxygens (including phenoxy) is 1. The summed E-state index contributed by atoms with van der Waals surface area (Å²) in [6.45, 7) is 3.58. The molecule has 0 aliphatic carbocycles. The monoisotopic (exact) mass is 217 g/mol. The van der Waals surface area contributed by atoms with Crippen LogP contribution in [0.25, 0.3) is 0 Å². The molecule has 0 aromatic rings. The van der Waals surface area contributed by atoms with Crippen molar-refractivity contribution < 1.29 is 19.5 Å². The third-order valence-electron chi connectivity index (χ3n) is 1.67. The third kappa shape index (κ3) is 12.9. The Balaban J connectivity index is 3.04. The SMILES string of the molecule is CCOCC=NOCCCCCC(=O)O. The maximum Gasteiger partial charge on any atom is 0.303 e. The van der Waals surface area contributed by atoms with Crippen LogP contribution in [0.3, 0.4) is 0 Å². The van der Waals surface area contributed by atoms with Gasteiger partial charge in [-0.15, -0.1) is 0 Å². The highest BCUT2D eigenvalue weighted by atomic mass is 16.6. The van der Waals surface area contributed by atoms with E-state index < -0.39 is 5.97 Å². The van der Waals surface area contributed by atoms with Gasteiger partial charge in [-0.3, -0.25) is 4.79 Å². The number of rotatable bonds is 10. The lowest BCUT2D eigenvalue weighted by Gasteiger charge is -1.98. The van der Waals surface area contributed by atoms with E-state index in [1.165, 1.54) is 0 Å². The molecule has 0 amide bonds. The van der Waals surface area contributed by atoms with Crippen molar-refractivity contribution in [1.29, 1.82) is 0 Å². The van der Waals surface area contributed by atoms with Gasteiger partial charge in [0, 0.05) is 13.0 Å². The number of carbonyl (C=O) groups is 1. The zero-order valence-corrected chi connectivity index (χ0v) is 9.15. The lowest BCUT2D eigenvalue weighted by Crippen LogP contribution is -1.97. The topological polar surface area (TPSA) is 68.1 Å². The highest BCUT2D eigenvalue weighted by molar-refractivity contribution is 5.66. The smallest absolute Gasteiger partial charge is 0.303 e. The molecule has 0 unspecified atom stereocenters. The van der Waals surface area contributed by atoms with Gasteiger partial charge >= 0.3 is 5.97 Å². The number of nitrogens with zero attached hydrogens (tertiary/aromatic N) is 1. The summed E-state index contributed by atoms with van der Waals surface area (Å²) in [4.78, 5) is 15.1. The average Bonchev–Trinajstić information content (AvgIpc) is 2.20. The van der Waals surface area contributed by atoms with Crippen LogP contribution in [0, 0.1) is 0 Å². The second kappa shape index (κ2) is 11.0. The summed E-state index contributed by atoms with van der Waals surface area (Å²) >= 11 is 0. The van der Waals surface area contributed by atoms with Gasteiger partial charge in [0.25, 0.3) is 0 Å². The zero-order chi connectivity index (χ0) is 11.4. The van der Waals surface area contributed by atoms with Crippen LogP contribution < -0.4 is 0 Å². The van der Waals surface area contributed by atoms with Crippen LogP contribution in [-0.2, 0) is 14.4 Å². The summed E-state index contributed by atoms with van der Waals surface area (Å²) in [5, 5.41) is 12.0. The molecule has 0 spiro atoms. The molecule has 15 heavy (non-hydrogen) atoms. The summed E-state index contributed by atoms with van der Waals surface area (Å²) in [7, 11) is 0. The Morgan fingerprint density at radius 1 is 1.40 bits per heavy atom. The molecule has 0 fully saturated rings. The molecule has 0 atom stereocenters. The van der Waals surface area contributed by atoms with E-state index in [0.29, 0.717) is 26.2 Å². The molecule has 0 saturated carbocycles. The molecule has 1 N–H and O–H groups in total. The van der Waals surface area contributed by atoms with Gasteiger partial charge < -0.3 is 14.7 Å². The van der Waals surface area contributed by atoms with Gasteiger partial charge in [0.2, 0.25) is 0 Å². The average molecular weight is 217 g/mol. The Morgan fingerprint density at radius 2 is 2.20 bits per heavy atom. The number of carboxylic acid groups (broad SMARTS) is 1. The zero-order valence-electron chi connectivity index (χ0n) is 9.15. The van der Waals surface area contributed by atoms with Crippen molar-refractivity contribution in [2.24, 2.45) is 5.16 Å². The summed E-state index contributed by atoms with van der Waals surface area (Å²) in [5.41, 5.74) is 0. The Bertz CT molecular complexity index is 182. The second-order valence-electron chi connectivity index (χ2n) is 2.99. The number of hydrogen-bond acceptors (Lipinski definition) is 4. The van der Waals surface area contributed by atoms with Crippen molar-refractivity contribution in [2.45, 2.75) is 32.6 Å². The fourth-order valence-corrected chi connectivity index (χ4v) is 0.926. The van der Waals surface area contributed by atoms with Crippen LogP contribution in [0.2, 0.25) is 0 Å². The quantitative estimate of drug-likeness (QED) is 0.343. The molecule has 88 valence electrons.